The molecule has 0 aliphatic carbocycles. The zero-order valence-electron chi connectivity index (χ0n) is 23.3. The van der Waals surface area contributed by atoms with Gasteiger partial charge in [-0.1, -0.05) is 24.3 Å². The molecule has 2 fully saturated rings. The number of hydrogen-bond acceptors (Lipinski definition) is 7. The van der Waals surface area contributed by atoms with E-state index in [1.807, 2.05) is 53.4 Å². The van der Waals surface area contributed by atoms with Crippen molar-refractivity contribution in [3.8, 4) is 28.1 Å². The number of likely N-dealkylation sites (N-methyl/N-ethyl adjacent to an activating group) is 1. The lowest BCUT2D eigenvalue weighted by Crippen LogP contribution is -2.47. The first-order valence-corrected chi connectivity index (χ1v) is 15.3. The van der Waals surface area contributed by atoms with Crippen molar-refractivity contribution in [2.45, 2.75) is 17.7 Å². The number of rotatable bonds is 6. The zero-order valence-corrected chi connectivity index (χ0v) is 24.1. The van der Waals surface area contributed by atoms with Gasteiger partial charge in [0.1, 0.15) is 17.0 Å². The number of aromatic nitrogens is 2. The highest BCUT2D eigenvalue weighted by Crippen LogP contribution is 2.35. The number of amides is 1. The third-order valence-electron chi connectivity index (χ3n) is 7.99. The van der Waals surface area contributed by atoms with Crippen LogP contribution in [0.2, 0.25) is 0 Å². The molecule has 0 bridgehead atoms. The molecule has 0 N–H and O–H groups in total. The maximum Gasteiger partial charge on any atom is 0.253 e. The summed E-state index contributed by atoms with van der Waals surface area (Å²) in [6.07, 6.45) is 3.24. The minimum atomic E-state index is -3.69. The largest absolute Gasteiger partial charge is 0.495 e. The average Bonchev–Trinajstić information content (AvgIpc) is 3.57. The number of benzene rings is 3. The predicted octanol–water partition coefficient (Wildman–Crippen LogP) is 4.14. The summed E-state index contributed by atoms with van der Waals surface area (Å²) in [5.74, 6) is 0.344. The van der Waals surface area contributed by atoms with E-state index in [4.69, 9.17) is 4.74 Å². The zero-order chi connectivity index (χ0) is 28.6. The summed E-state index contributed by atoms with van der Waals surface area (Å²) >= 11 is 0. The number of piperazine rings is 1. The Hall–Kier alpha value is -3.86. The van der Waals surface area contributed by atoms with Crippen LogP contribution in [0.1, 0.15) is 23.2 Å². The molecule has 1 amide bonds. The monoisotopic (exact) mass is 571 g/mol. The Labute approximate surface area is 240 Å². The van der Waals surface area contributed by atoms with Gasteiger partial charge in [0.15, 0.2) is 0 Å². The van der Waals surface area contributed by atoms with Crippen molar-refractivity contribution < 1.29 is 17.9 Å². The van der Waals surface area contributed by atoms with Crippen LogP contribution in [0.4, 0.5) is 0 Å². The molecule has 212 valence electrons. The second-order valence-corrected chi connectivity index (χ2v) is 12.5. The fourth-order valence-electron chi connectivity index (χ4n) is 5.58. The van der Waals surface area contributed by atoms with Crippen molar-refractivity contribution >= 4 is 26.8 Å². The number of nitrogens with zero attached hydrogens (tertiary/aromatic N) is 5. The molecule has 0 spiro atoms. The van der Waals surface area contributed by atoms with Crippen molar-refractivity contribution in [1.29, 1.82) is 0 Å². The van der Waals surface area contributed by atoms with Crippen LogP contribution < -0.4 is 4.74 Å². The highest BCUT2D eigenvalue weighted by molar-refractivity contribution is 7.89. The van der Waals surface area contributed by atoms with Crippen LogP contribution in [0.5, 0.6) is 5.75 Å². The van der Waals surface area contributed by atoms with Crippen molar-refractivity contribution in [1.82, 2.24) is 24.1 Å². The Morgan fingerprint density at radius 3 is 2.32 bits per heavy atom. The molecule has 2 aliphatic rings. The van der Waals surface area contributed by atoms with Gasteiger partial charge in [-0.25, -0.2) is 18.4 Å². The first-order valence-electron chi connectivity index (χ1n) is 13.9. The van der Waals surface area contributed by atoms with Gasteiger partial charge in [-0.15, -0.1) is 0 Å². The molecule has 2 aliphatic heterocycles. The number of sulfonamides is 1. The summed E-state index contributed by atoms with van der Waals surface area (Å²) in [5, 5.41) is 0.814. The molecule has 6 rings (SSSR count). The van der Waals surface area contributed by atoms with E-state index in [9.17, 15) is 13.2 Å². The minimum Gasteiger partial charge on any atom is -0.495 e. The lowest BCUT2D eigenvalue weighted by molar-refractivity contribution is 0.0664. The van der Waals surface area contributed by atoms with E-state index in [1.54, 1.807) is 12.1 Å². The lowest BCUT2D eigenvalue weighted by atomic mass is 9.99. The highest BCUT2D eigenvalue weighted by Gasteiger charge is 2.30. The van der Waals surface area contributed by atoms with E-state index in [0.717, 1.165) is 53.5 Å². The van der Waals surface area contributed by atoms with E-state index in [-0.39, 0.29) is 10.8 Å². The molecule has 3 heterocycles. The predicted molar refractivity (Wildman–Crippen MR) is 158 cm³/mol. The SMILES string of the molecule is COc1ccc(-c2ccc3ncnc(-c4cccc(C(=O)N5CCN(C)CC5)c4)c3c2)cc1S(=O)(=O)N1CCCC1. The second-order valence-electron chi connectivity index (χ2n) is 10.6. The van der Waals surface area contributed by atoms with Crippen molar-refractivity contribution in [3.05, 3.63) is 72.6 Å². The van der Waals surface area contributed by atoms with E-state index in [0.29, 0.717) is 43.2 Å². The molecule has 0 saturated carbocycles. The van der Waals surface area contributed by atoms with Crippen LogP contribution in [0, 0.1) is 0 Å². The molecule has 10 heteroatoms. The van der Waals surface area contributed by atoms with Gasteiger partial charge in [0, 0.05) is 55.8 Å². The Kier molecular flexibility index (Phi) is 7.46. The summed E-state index contributed by atoms with van der Waals surface area (Å²) in [4.78, 5) is 26.6. The van der Waals surface area contributed by atoms with Gasteiger partial charge in [0.25, 0.3) is 5.91 Å². The van der Waals surface area contributed by atoms with Gasteiger partial charge in [-0.3, -0.25) is 4.79 Å². The van der Waals surface area contributed by atoms with Crippen LogP contribution in [0.3, 0.4) is 0 Å². The summed E-state index contributed by atoms with van der Waals surface area (Å²) in [5.41, 5.74) is 4.50. The fraction of sp³-hybridized carbons (Fsp3) is 0.323. The normalized spacial score (nSPS) is 16.8. The van der Waals surface area contributed by atoms with Gasteiger partial charge >= 0.3 is 0 Å². The smallest absolute Gasteiger partial charge is 0.253 e. The minimum absolute atomic E-state index is 0.0176. The van der Waals surface area contributed by atoms with Crippen LogP contribution in [0.15, 0.2) is 71.9 Å². The Bertz CT molecular complexity index is 1710. The number of carbonyl (C=O) groups excluding carboxylic acids is 1. The first-order chi connectivity index (χ1) is 19.8. The Morgan fingerprint density at radius 2 is 1.56 bits per heavy atom. The molecule has 2 saturated heterocycles. The third kappa shape index (κ3) is 5.30. The molecule has 41 heavy (non-hydrogen) atoms. The van der Waals surface area contributed by atoms with Crippen LogP contribution in [-0.4, -0.2) is 91.8 Å². The molecule has 9 nitrogen and oxygen atoms in total. The van der Waals surface area contributed by atoms with E-state index < -0.39 is 10.0 Å². The molecule has 0 radical (unpaired) electrons. The van der Waals surface area contributed by atoms with Gasteiger partial charge in [-0.05, 0) is 67.4 Å². The molecular weight excluding hydrogens is 538 g/mol. The number of hydrogen-bond donors (Lipinski definition) is 0. The van der Waals surface area contributed by atoms with Crippen LogP contribution in [-0.2, 0) is 10.0 Å². The lowest BCUT2D eigenvalue weighted by Gasteiger charge is -2.32. The summed E-state index contributed by atoms with van der Waals surface area (Å²) in [6.45, 7) is 4.16. The third-order valence-corrected chi connectivity index (χ3v) is 9.91. The standard InChI is InChI=1S/C31H33N5O4S/c1-34-14-16-35(17-15-34)31(37)25-7-5-6-24(18-25)30-26-19-22(8-10-27(26)32-21-33-30)23-9-11-28(40-2)29(20-23)41(38,39)36-12-3-4-13-36/h5-11,18-21H,3-4,12-17H2,1-2H3. The number of carbonyl (C=O) groups is 1. The number of ether oxygens (including phenoxy) is 1. The van der Waals surface area contributed by atoms with Gasteiger partial charge in [0.05, 0.1) is 18.3 Å². The topological polar surface area (TPSA) is 95.9 Å². The van der Waals surface area contributed by atoms with E-state index in [2.05, 4.69) is 21.9 Å². The van der Waals surface area contributed by atoms with E-state index in [1.165, 1.54) is 17.7 Å². The first kappa shape index (κ1) is 27.3. The van der Waals surface area contributed by atoms with Crippen molar-refractivity contribution in [2.75, 3.05) is 53.4 Å². The maximum absolute atomic E-state index is 13.5. The summed E-state index contributed by atoms with van der Waals surface area (Å²) in [7, 11) is -0.134. The fourth-order valence-corrected chi connectivity index (χ4v) is 7.28. The highest BCUT2D eigenvalue weighted by atomic mass is 32.2. The van der Waals surface area contributed by atoms with Gasteiger partial charge < -0.3 is 14.5 Å². The maximum atomic E-state index is 13.5. The molecular formula is C31H33N5O4S. The molecule has 1 aromatic heterocycles. The average molecular weight is 572 g/mol. The molecule has 0 atom stereocenters. The van der Waals surface area contributed by atoms with Crippen molar-refractivity contribution in [3.63, 3.8) is 0 Å². The second kappa shape index (κ2) is 11.2. The number of fused-ring (bicyclic) bond motifs is 1. The summed E-state index contributed by atoms with van der Waals surface area (Å²) < 4.78 is 33.9. The summed E-state index contributed by atoms with van der Waals surface area (Å²) in [6, 6.07) is 18.6. The Balaban J connectivity index is 1.38. The molecule has 3 aromatic carbocycles. The van der Waals surface area contributed by atoms with Gasteiger partial charge in [0.2, 0.25) is 10.0 Å². The van der Waals surface area contributed by atoms with E-state index >= 15 is 0 Å². The van der Waals surface area contributed by atoms with Crippen molar-refractivity contribution in [2.24, 2.45) is 0 Å². The number of methoxy groups -OCH3 is 1. The van der Waals surface area contributed by atoms with Crippen LogP contribution >= 0.6 is 0 Å². The quantitative estimate of drug-likeness (QED) is 0.343. The van der Waals surface area contributed by atoms with Gasteiger partial charge in [-0.2, -0.15) is 4.31 Å². The van der Waals surface area contributed by atoms with Crippen LogP contribution in [0.25, 0.3) is 33.3 Å². The molecule has 0 unspecified atom stereocenters. The molecule has 4 aromatic rings. The Morgan fingerprint density at radius 1 is 0.829 bits per heavy atom.